The molecule has 200 valence electrons. The number of hydrogen-bond donors (Lipinski definition) is 3. The molecule has 1 fully saturated rings. The number of nitrogens with zero attached hydrogens (tertiary/aromatic N) is 5. The van der Waals surface area contributed by atoms with E-state index in [4.69, 9.17) is 0 Å². The molecule has 3 N–H and O–H groups in total. The van der Waals surface area contributed by atoms with Gasteiger partial charge in [0.25, 0.3) is 5.91 Å². The van der Waals surface area contributed by atoms with Gasteiger partial charge in [-0.2, -0.15) is 0 Å². The molecule has 37 heavy (non-hydrogen) atoms. The molecule has 0 bridgehead atoms. The van der Waals surface area contributed by atoms with Gasteiger partial charge in [-0.15, -0.1) is 4.70 Å². The van der Waals surface area contributed by atoms with Gasteiger partial charge in [0.05, 0.1) is 11.8 Å². The fourth-order valence-corrected chi connectivity index (χ4v) is 5.63. The molecule has 0 spiro atoms. The Morgan fingerprint density at radius 3 is 2.65 bits per heavy atom. The highest BCUT2D eigenvalue weighted by Crippen LogP contribution is 2.38. The van der Waals surface area contributed by atoms with Gasteiger partial charge in [-0.25, -0.2) is 9.59 Å². The number of fused-ring (bicyclic) bond motifs is 1. The SMILES string of the molecule is CCCN=C(NCCC)SCC(=O)NC1C(=O)N2C(C(=O)O)=C(CSC3=NC(=O)C(=O)N=[N+]3C)CCC12. The predicted molar refractivity (Wildman–Crippen MR) is 138 cm³/mol. The zero-order valence-corrected chi connectivity index (χ0v) is 22.5. The normalized spacial score (nSPS) is 21.8. The van der Waals surface area contributed by atoms with Crippen LogP contribution in [0.25, 0.3) is 0 Å². The number of azo groups is 2. The number of carbonyl (C=O) groups is 5. The van der Waals surface area contributed by atoms with Crippen LogP contribution in [0.2, 0.25) is 0 Å². The number of carboxylic acids is 1. The molecule has 3 aliphatic heterocycles. The minimum Gasteiger partial charge on any atom is -0.477 e. The molecule has 2 unspecified atom stereocenters. The second-order valence-electron chi connectivity index (χ2n) is 8.44. The van der Waals surface area contributed by atoms with Crippen molar-refractivity contribution in [3.05, 3.63) is 11.3 Å². The zero-order chi connectivity index (χ0) is 27.1. The van der Waals surface area contributed by atoms with Crippen molar-refractivity contribution in [3.63, 3.8) is 0 Å². The van der Waals surface area contributed by atoms with E-state index in [-0.39, 0.29) is 28.3 Å². The van der Waals surface area contributed by atoms with Crippen LogP contribution in [-0.4, -0.2) is 98.4 Å². The molecule has 3 rings (SSSR count). The lowest BCUT2D eigenvalue weighted by Gasteiger charge is -2.50. The fraction of sp³-hybridized carbons (Fsp3) is 0.591. The lowest BCUT2D eigenvalue weighted by Crippen LogP contribution is -2.71. The third-order valence-electron chi connectivity index (χ3n) is 5.68. The summed E-state index contributed by atoms with van der Waals surface area (Å²) < 4.78 is 1.16. The van der Waals surface area contributed by atoms with Crippen LogP contribution in [0.1, 0.15) is 39.5 Å². The van der Waals surface area contributed by atoms with Crippen LogP contribution in [0.4, 0.5) is 0 Å². The zero-order valence-electron chi connectivity index (χ0n) is 20.9. The van der Waals surface area contributed by atoms with E-state index in [0.29, 0.717) is 30.1 Å². The van der Waals surface area contributed by atoms with Crippen LogP contribution in [0.15, 0.2) is 26.4 Å². The molecule has 0 aromatic rings. The molecule has 0 aromatic heterocycles. The van der Waals surface area contributed by atoms with E-state index in [1.165, 1.54) is 23.7 Å². The molecule has 0 aromatic carbocycles. The van der Waals surface area contributed by atoms with Crippen molar-refractivity contribution in [1.29, 1.82) is 0 Å². The maximum absolute atomic E-state index is 12.9. The summed E-state index contributed by atoms with van der Waals surface area (Å²) in [4.78, 5) is 69.7. The van der Waals surface area contributed by atoms with E-state index in [1.807, 2.05) is 13.8 Å². The summed E-state index contributed by atoms with van der Waals surface area (Å²) in [6, 6.07) is -1.23. The number of nitrogens with one attached hydrogen (secondary N) is 2. The Kier molecular flexibility index (Phi) is 9.97. The summed E-state index contributed by atoms with van der Waals surface area (Å²) >= 11 is 2.33. The summed E-state index contributed by atoms with van der Waals surface area (Å²) in [5.41, 5.74) is 0.381. The van der Waals surface area contributed by atoms with Crippen LogP contribution in [-0.2, 0) is 24.0 Å². The van der Waals surface area contributed by atoms with Crippen molar-refractivity contribution < 1.29 is 33.8 Å². The van der Waals surface area contributed by atoms with Crippen LogP contribution < -0.4 is 10.6 Å². The third kappa shape index (κ3) is 6.83. The third-order valence-corrected chi connectivity index (χ3v) is 7.74. The van der Waals surface area contributed by atoms with Gasteiger partial charge in [-0.1, -0.05) is 25.6 Å². The summed E-state index contributed by atoms with van der Waals surface area (Å²) in [5, 5.41) is 20.2. The minimum absolute atomic E-state index is 0.0845. The molecule has 0 aliphatic carbocycles. The van der Waals surface area contributed by atoms with Gasteiger partial charge < -0.3 is 15.7 Å². The van der Waals surface area contributed by atoms with Crippen LogP contribution in [0, 0.1) is 0 Å². The number of amidine groups is 2. The first kappa shape index (κ1) is 28.5. The molecule has 0 radical (unpaired) electrons. The maximum atomic E-state index is 12.9. The molecule has 15 heteroatoms. The number of β-lactam (4-membered cyclic amide) rings is 1. The van der Waals surface area contributed by atoms with E-state index in [1.54, 1.807) is 0 Å². The standard InChI is InChI=1S/C22H29N7O6S2/c1-4-8-23-21(24-9-5-2)36-11-14(30)25-15-13-7-6-12(16(20(34)35)29(13)19(15)33)10-37-22-26-17(31)18(32)27-28(22)3/h13,15H,4-11H2,1-3H3,(H2-,23,24,25,30,34,35)/p+1. The number of aliphatic imine (C=N–C) groups is 2. The first-order valence-corrected chi connectivity index (χ1v) is 13.9. The molecular weight excluding hydrogens is 522 g/mol. The molecule has 3 aliphatic rings. The van der Waals surface area contributed by atoms with Gasteiger partial charge in [0.15, 0.2) is 5.17 Å². The van der Waals surface area contributed by atoms with E-state index in [2.05, 4.69) is 25.7 Å². The number of aliphatic carboxylic acids is 1. The van der Waals surface area contributed by atoms with Crippen molar-refractivity contribution in [2.45, 2.75) is 51.6 Å². The summed E-state index contributed by atoms with van der Waals surface area (Å²) in [7, 11) is 1.46. The molecule has 3 heterocycles. The largest absolute Gasteiger partial charge is 0.477 e. The summed E-state index contributed by atoms with van der Waals surface area (Å²) in [6.45, 7) is 5.44. The molecule has 0 saturated carbocycles. The van der Waals surface area contributed by atoms with Gasteiger partial charge >= 0.3 is 23.0 Å². The van der Waals surface area contributed by atoms with Crippen molar-refractivity contribution in [2.24, 2.45) is 15.1 Å². The Hall–Kier alpha value is -3.07. The highest BCUT2D eigenvalue weighted by molar-refractivity contribution is 8.14. The molecule has 13 nitrogen and oxygen atoms in total. The first-order valence-electron chi connectivity index (χ1n) is 11.9. The highest BCUT2D eigenvalue weighted by Gasteiger charge is 2.53. The van der Waals surface area contributed by atoms with Crippen LogP contribution >= 0.6 is 23.5 Å². The smallest absolute Gasteiger partial charge is 0.446 e. The highest BCUT2D eigenvalue weighted by atomic mass is 32.2. The molecule has 1 saturated heterocycles. The Labute approximate surface area is 222 Å². The number of thioether (sulfide) groups is 2. The van der Waals surface area contributed by atoms with Gasteiger partial charge in [-0.05, 0) is 48.1 Å². The van der Waals surface area contributed by atoms with Crippen LogP contribution in [0.3, 0.4) is 0 Å². The van der Waals surface area contributed by atoms with Crippen molar-refractivity contribution in [3.8, 4) is 0 Å². The second kappa shape index (κ2) is 12.9. The van der Waals surface area contributed by atoms with Crippen molar-refractivity contribution >= 4 is 63.5 Å². The van der Waals surface area contributed by atoms with Crippen LogP contribution in [0.5, 0.6) is 0 Å². The van der Waals surface area contributed by atoms with E-state index >= 15 is 0 Å². The van der Waals surface area contributed by atoms with E-state index in [0.717, 1.165) is 35.8 Å². The molecule has 4 amide bonds. The molecule has 2 atom stereocenters. The Morgan fingerprint density at radius 2 is 1.97 bits per heavy atom. The summed E-state index contributed by atoms with van der Waals surface area (Å²) in [6.07, 6.45) is 2.67. The van der Waals surface area contributed by atoms with Gasteiger partial charge in [0.2, 0.25) is 5.91 Å². The lowest BCUT2D eigenvalue weighted by atomic mass is 9.84. The van der Waals surface area contributed by atoms with Gasteiger partial charge in [-0.3, -0.25) is 24.3 Å². The number of carboxylic acid groups (broad SMARTS) is 1. The Balaban J connectivity index is 1.62. The number of rotatable bonds is 10. The first-order chi connectivity index (χ1) is 17.7. The van der Waals surface area contributed by atoms with Gasteiger partial charge in [0.1, 0.15) is 18.8 Å². The number of carbonyl (C=O) groups excluding carboxylic acids is 4. The number of hydrogen-bond acceptors (Lipinski definition) is 8. The maximum Gasteiger partial charge on any atom is 0.446 e. The molecular formula is C22H30N7O6S2+. The number of amides is 4. The average molecular weight is 553 g/mol. The average Bonchev–Trinajstić information content (AvgIpc) is 2.87. The summed E-state index contributed by atoms with van der Waals surface area (Å²) in [5.74, 6) is -3.78. The fourth-order valence-electron chi connectivity index (χ4n) is 3.93. The van der Waals surface area contributed by atoms with E-state index in [9.17, 15) is 29.1 Å². The minimum atomic E-state index is -1.25. The topological polar surface area (TPSA) is 173 Å². The quantitative estimate of drug-likeness (QED) is 0.115. The van der Waals surface area contributed by atoms with Gasteiger partial charge in [0, 0.05) is 23.8 Å². The Bertz CT molecular complexity index is 1120. The monoisotopic (exact) mass is 552 g/mol. The van der Waals surface area contributed by atoms with E-state index < -0.39 is 35.8 Å². The van der Waals surface area contributed by atoms with Crippen molar-refractivity contribution in [2.75, 3.05) is 31.6 Å². The lowest BCUT2D eigenvalue weighted by molar-refractivity contribution is -0.440. The predicted octanol–water partition coefficient (Wildman–Crippen LogP) is 0.564. The Morgan fingerprint density at radius 1 is 1.22 bits per heavy atom. The van der Waals surface area contributed by atoms with Crippen molar-refractivity contribution in [1.82, 2.24) is 15.5 Å². The second-order valence-corrected chi connectivity index (χ2v) is 10.3.